The van der Waals surface area contributed by atoms with Crippen molar-refractivity contribution in [3.05, 3.63) is 212 Å². The van der Waals surface area contributed by atoms with Gasteiger partial charge in [0.25, 0.3) is 0 Å². The zero-order chi connectivity index (χ0) is 60.9. The molecule has 1 aromatic heterocycles. The first-order chi connectivity index (χ1) is 48.7. The normalized spacial score (nSPS) is 19.2. The van der Waals surface area contributed by atoms with Crippen molar-refractivity contribution in [1.29, 1.82) is 0 Å². The van der Waals surface area contributed by atoms with E-state index < -0.39 is 11.0 Å². The number of para-hydroxylation sites is 2. The van der Waals surface area contributed by atoms with Crippen molar-refractivity contribution in [2.75, 3.05) is 5.01 Å². The lowest BCUT2D eigenvalue weighted by Crippen LogP contribution is -2.54. The van der Waals surface area contributed by atoms with Crippen molar-refractivity contribution in [3.63, 3.8) is 0 Å². The Morgan fingerprint density at radius 3 is 1.14 bits per heavy atom. The average molecular weight is 1220 g/mol. The van der Waals surface area contributed by atoms with Gasteiger partial charge < -0.3 is 0 Å². The Labute approximate surface area is 542 Å². The minimum atomic E-state index is -1.53. The van der Waals surface area contributed by atoms with E-state index in [1.807, 2.05) is 17.3 Å². The number of aliphatic imine (C=N–C) groups is 1. The van der Waals surface area contributed by atoms with Gasteiger partial charge in [-0.25, -0.2) is 5.01 Å². The SMILES string of the molecule is O=C1c2c3c4c5c(c6c7c8/c(=N\N(c9ccccc9)c9ccccc9)c(=O)c9c%10c%11c%12c%13c%14c(c%15c2c2c4c4c%16c5c5c6c6c7c7c(c98)c%11c8c9c%12c%11c%12c%13c%15c%13c2c4c2c(c%13%12)c4c%11c9c9c(c87)c6c6c5c%16c2c4c69)C1(c1ccccc1)C(c1ccccc1)=NC%14%10c1ccccn1)C3. The van der Waals surface area contributed by atoms with E-state index in [-0.39, 0.29) is 11.2 Å². The van der Waals surface area contributed by atoms with Crippen LogP contribution >= 0.6 is 0 Å². The highest BCUT2D eigenvalue weighted by molar-refractivity contribution is 6.80. The number of carbonyl (C=O) groups excluding carboxylic acids is 1. The van der Waals surface area contributed by atoms with Crippen LogP contribution in [-0.4, -0.2) is 16.5 Å². The first-order valence-corrected chi connectivity index (χ1v) is 34.8. The molecule has 0 amide bonds. The van der Waals surface area contributed by atoms with Crippen LogP contribution in [0.1, 0.15) is 55.0 Å². The number of hydrogen-bond acceptors (Lipinski definition) is 6. The maximum Gasteiger partial charge on any atom is 0.214 e. The topological polar surface area (TPSA) is 75.0 Å². The summed E-state index contributed by atoms with van der Waals surface area (Å²) in [5, 5.41) is 75.2. The standard InChI is InChI=1S/C92H26N4O2/c97-88-83-78-73-53-47-40(82(78)87(88)95-96(28-19-9-3-10-20-28)29-21-11-4-12-22-29)35-30-25-31-34-33(30)37-42-39(35)46(47)52-54-48(42)50-44(37)45-38(34)43-41-36(31)90(98)91(27-17-7-2-8-18-27)85-80(41)75-70-49(43)51(45)56-55(50)59-58(54)60-57(52)65(53)69-67-63(60)64-61(59)62(56)66(70)71-68(64)72(67)77-79(74(69)73)84(83)92(32-23-13-14-24-93-32,86(85)81(77)76(71)75)94-89(91)26-15-5-1-6-16-26/h1-24H,25H2/b95-87+. The maximum atomic E-state index is 19.1. The van der Waals surface area contributed by atoms with E-state index in [9.17, 15) is 0 Å². The van der Waals surface area contributed by atoms with E-state index in [0.717, 1.165) is 82.9 Å². The molecule has 2 heterocycles. The molecule has 31 aromatic rings. The predicted molar refractivity (Wildman–Crippen MR) is 402 cm³/mol. The van der Waals surface area contributed by atoms with E-state index in [4.69, 9.17) is 15.1 Å². The quantitative estimate of drug-likeness (QED) is 0.123. The molecule has 3 aliphatic carbocycles. The molecule has 2 unspecified atom stereocenters. The van der Waals surface area contributed by atoms with Crippen molar-refractivity contribution < 1.29 is 4.79 Å². The minimum absolute atomic E-state index is 0.0963. The van der Waals surface area contributed by atoms with Crippen LogP contribution in [0.15, 0.2) is 161 Å². The zero-order valence-corrected chi connectivity index (χ0v) is 50.7. The van der Waals surface area contributed by atoms with Gasteiger partial charge >= 0.3 is 0 Å². The largest absolute Gasteiger partial charge is 0.292 e. The number of anilines is 2. The number of aromatic nitrogens is 1. The number of fused-ring (bicyclic) bond motifs is 6. The highest BCUT2D eigenvalue weighted by atomic mass is 16.1. The van der Waals surface area contributed by atoms with Crippen LogP contribution in [0, 0.1) is 0 Å². The van der Waals surface area contributed by atoms with Crippen LogP contribution in [0.5, 0.6) is 0 Å². The second-order valence-electron chi connectivity index (χ2n) is 31.3. The molecule has 30 aromatic carbocycles. The Morgan fingerprint density at radius 2 is 0.673 bits per heavy atom. The average Bonchev–Trinajstić information content (AvgIpc) is 1.39. The van der Waals surface area contributed by atoms with Crippen LogP contribution < -0.4 is 15.8 Å². The van der Waals surface area contributed by atoms with Gasteiger partial charge in [0, 0.05) is 83.2 Å². The molecule has 35 rings (SSSR count). The van der Waals surface area contributed by atoms with Gasteiger partial charge in [0.05, 0.1) is 22.8 Å². The van der Waals surface area contributed by atoms with Crippen LogP contribution in [0.3, 0.4) is 0 Å². The van der Waals surface area contributed by atoms with E-state index in [1.165, 1.54) is 243 Å². The van der Waals surface area contributed by atoms with Crippen LogP contribution in [0.4, 0.5) is 11.4 Å². The molecule has 0 spiro atoms. The number of Topliss-reactive ketones (excluding diaryl/α,β-unsaturated/α-hetero) is 1. The van der Waals surface area contributed by atoms with E-state index in [1.54, 1.807) is 0 Å². The van der Waals surface area contributed by atoms with Crippen molar-refractivity contribution >= 4 is 292 Å². The molecule has 0 saturated carbocycles. The summed E-state index contributed by atoms with van der Waals surface area (Å²) in [7, 11) is 0. The van der Waals surface area contributed by atoms with Gasteiger partial charge in [-0.1, -0.05) is 103 Å². The summed E-state index contributed by atoms with van der Waals surface area (Å²) in [6.45, 7) is 0. The first-order valence-electron chi connectivity index (χ1n) is 34.8. The molecule has 0 fully saturated rings. The number of carbonyl (C=O) groups is 1. The van der Waals surface area contributed by atoms with Crippen LogP contribution in [0.2, 0.25) is 0 Å². The van der Waals surface area contributed by atoms with Gasteiger partial charge in [-0.15, -0.1) is 0 Å². The smallest absolute Gasteiger partial charge is 0.214 e. The zero-order valence-electron chi connectivity index (χ0n) is 50.7. The Morgan fingerprint density at radius 1 is 0.316 bits per heavy atom. The molecule has 426 valence electrons. The predicted octanol–water partition coefficient (Wildman–Crippen LogP) is 21.4. The third-order valence-corrected chi connectivity index (χ3v) is 29.0. The van der Waals surface area contributed by atoms with Gasteiger partial charge in [-0.05, 0) is 280 Å². The summed E-state index contributed by atoms with van der Waals surface area (Å²) in [6.07, 6.45) is 2.53. The molecular formula is C92H26N4O2. The van der Waals surface area contributed by atoms with Crippen LogP contribution in [0.25, 0.3) is 269 Å². The molecule has 0 saturated heterocycles. The molecule has 1 aliphatic heterocycles. The third-order valence-electron chi connectivity index (χ3n) is 29.0. The Kier molecular flexibility index (Phi) is 4.99. The number of hydrogen-bond donors (Lipinski definition) is 0. The number of pyridine rings is 1. The van der Waals surface area contributed by atoms with Crippen molar-refractivity contribution in [1.82, 2.24) is 4.98 Å². The van der Waals surface area contributed by atoms with Gasteiger partial charge in [0.1, 0.15) is 10.8 Å². The Balaban J connectivity index is 1.02. The number of nitrogens with zero attached hydrogens (tertiary/aromatic N) is 4. The molecule has 4 aliphatic rings. The number of rotatable bonds is 6. The lowest BCUT2D eigenvalue weighted by atomic mass is 9.53. The summed E-state index contributed by atoms with van der Waals surface area (Å²) in [5.41, 5.74) is 8.13. The van der Waals surface area contributed by atoms with Gasteiger partial charge in [-0.2, -0.15) is 5.10 Å². The van der Waals surface area contributed by atoms with E-state index in [0.29, 0.717) is 22.9 Å². The third kappa shape index (κ3) is 3.04. The monoisotopic (exact) mass is 1220 g/mol. The summed E-state index contributed by atoms with van der Waals surface area (Å²) < 4.78 is 0. The summed E-state index contributed by atoms with van der Waals surface area (Å²) >= 11 is 0. The minimum Gasteiger partial charge on any atom is -0.292 e. The molecule has 6 nitrogen and oxygen atoms in total. The fourth-order valence-corrected chi connectivity index (χ4v) is 27.2. The highest BCUT2D eigenvalue weighted by Crippen LogP contribution is 2.79. The summed E-state index contributed by atoms with van der Waals surface area (Å²) in [4.78, 5) is 50.3. The molecule has 0 bridgehead atoms. The fourth-order valence-electron chi connectivity index (χ4n) is 27.2. The molecule has 0 radical (unpaired) electrons. The number of benzene rings is 21. The second kappa shape index (κ2) is 11.5. The summed E-state index contributed by atoms with van der Waals surface area (Å²) in [5.74, 6) is 0.104. The molecular weight excluding hydrogens is 1190 g/mol. The Bertz CT molecular complexity index is 9340. The van der Waals surface area contributed by atoms with Gasteiger partial charge in [0.2, 0.25) is 5.43 Å². The van der Waals surface area contributed by atoms with Crippen molar-refractivity contribution in [2.45, 2.75) is 17.4 Å². The van der Waals surface area contributed by atoms with E-state index >= 15 is 9.59 Å². The van der Waals surface area contributed by atoms with E-state index in [2.05, 4.69) is 133 Å². The van der Waals surface area contributed by atoms with Gasteiger partial charge in [-0.3, -0.25) is 19.6 Å². The van der Waals surface area contributed by atoms with Crippen molar-refractivity contribution in [3.8, 4) is 0 Å². The van der Waals surface area contributed by atoms with Crippen molar-refractivity contribution in [2.24, 2.45) is 10.1 Å². The maximum absolute atomic E-state index is 19.1. The fraction of sp³-hybridized carbons (Fsp3) is 0.0326. The van der Waals surface area contributed by atoms with Crippen LogP contribution in [-0.2, 0) is 17.4 Å². The summed E-state index contributed by atoms with van der Waals surface area (Å²) in [6, 6.07) is 49.1. The second-order valence-corrected chi connectivity index (χ2v) is 31.3. The Hall–Kier alpha value is -12.8. The molecule has 0 N–H and O–H groups in total. The lowest BCUT2D eigenvalue weighted by molar-refractivity contribution is 0.0947. The molecule has 98 heavy (non-hydrogen) atoms. The highest BCUT2D eigenvalue weighted by Gasteiger charge is 2.64. The molecule has 2 atom stereocenters. The van der Waals surface area contributed by atoms with Gasteiger partial charge in [0.15, 0.2) is 11.3 Å². The number of ketones is 1. The first kappa shape index (κ1) is 42.5. The lowest BCUT2D eigenvalue weighted by Gasteiger charge is -2.50. The molecule has 6 heteroatoms.